The molecule has 3 nitrogen and oxygen atoms in total. The number of aromatic nitrogens is 1. The second-order valence-electron chi connectivity index (χ2n) is 5.37. The predicted molar refractivity (Wildman–Crippen MR) is 84.7 cm³/mol. The summed E-state index contributed by atoms with van der Waals surface area (Å²) in [6.07, 6.45) is 4.78. The molecule has 1 fully saturated rings. The first-order valence-electron chi connectivity index (χ1n) is 7.69. The van der Waals surface area contributed by atoms with Crippen LogP contribution < -0.4 is 4.90 Å². The maximum absolute atomic E-state index is 6.02. The fraction of sp³-hybridized carbons (Fsp3) is 0.688. The molecule has 1 saturated heterocycles. The van der Waals surface area contributed by atoms with Crippen LogP contribution in [0.3, 0.4) is 0 Å². The molecule has 0 radical (unpaired) electrons. The molecule has 0 saturated carbocycles. The average Bonchev–Trinajstić information content (AvgIpc) is 2.48. The first kappa shape index (κ1) is 15.6. The number of halogens is 1. The van der Waals surface area contributed by atoms with E-state index in [1.807, 2.05) is 0 Å². The molecule has 0 aliphatic carbocycles. The first-order chi connectivity index (χ1) is 9.76. The van der Waals surface area contributed by atoms with E-state index >= 15 is 0 Å². The Balaban J connectivity index is 2.15. The van der Waals surface area contributed by atoms with Crippen LogP contribution in [0.15, 0.2) is 12.1 Å². The van der Waals surface area contributed by atoms with Crippen LogP contribution in [0.25, 0.3) is 0 Å². The van der Waals surface area contributed by atoms with Crippen molar-refractivity contribution in [3.63, 3.8) is 0 Å². The SMILES string of the molecule is CCCc1cc(CCl)cc(N2CCCC(OCC)C2)n1. The van der Waals surface area contributed by atoms with Gasteiger partial charge in [0.1, 0.15) is 5.82 Å². The van der Waals surface area contributed by atoms with E-state index in [2.05, 4.69) is 30.9 Å². The van der Waals surface area contributed by atoms with Gasteiger partial charge in [0, 0.05) is 31.3 Å². The van der Waals surface area contributed by atoms with E-state index in [-0.39, 0.29) is 0 Å². The van der Waals surface area contributed by atoms with Gasteiger partial charge in [0.2, 0.25) is 0 Å². The van der Waals surface area contributed by atoms with Gasteiger partial charge in [0.25, 0.3) is 0 Å². The Hall–Kier alpha value is -0.800. The summed E-state index contributed by atoms with van der Waals surface area (Å²) in [5.74, 6) is 1.62. The van der Waals surface area contributed by atoms with Gasteiger partial charge in [-0.05, 0) is 43.9 Å². The van der Waals surface area contributed by atoms with Crippen molar-refractivity contribution < 1.29 is 4.74 Å². The average molecular weight is 297 g/mol. The van der Waals surface area contributed by atoms with E-state index in [1.165, 1.54) is 12.0 Å². The van der Waals surface area contributed by atoms with Crippen molar-refractivity contribution in [3.8, 4) is 0 Å². The van der Waals surface area contributed by atoms with Crippen molar-refractivity contribution >= 4 is 17.4 Å². The summed E-state index contributed by atoms with van der Waals surface area (Å²) in [4.78, 5) is 7.15. The van der Waals surface area contributed by atoms with Gasteiger partial charge in [-0.25, -0.2) is 4.98 Å². The number of hydrogen-bond acceptors (Lipinski definition) is 3. The Morgan fingerprint density at radius 2 is 2.25 bits per heavy atom. The maximum atomic E-state index is 6.02. The molecule has 112 valence electrons. The minimum atomic E-state index is 0.338. The lowest BCUT2D eigenvalue weighted by molar-refractivity contribution is 0.0525. The van der Waals surface area contributed by atoms with E-state index in [0.717, 1.165) is 50.5 Å². The molecular formula is C16H25ClN2O. The highest BCUT2D eigenvalue weighted by Crippen LogP contribution is 2.22. The monoisotopic (exact) mass is 296 g/mol. The minimum Gasteiger partial charge on any atom is -0.377 e. The smallest absolute Gasteiger partial charge is 0.129 e. The number of hydrogen-bond donors (Lipinski definition) is 0. The molecule has 0 N–H and O–H groups in total. The molecule has 0 amide bonds. The number of rotatable bonds is 6. The number of anilines is 1. The van der Waals surface area contributed by atoms with Crippen molar-refractivity contribution in [1.82, 2.24) is 4.98 Å². The fourth-order valence-electron chi connectivity index (χ4n) is 2.77. The Morgan fingerprint density at radius 1 is 1.40 bits per heavy atom. The van der Waals surface area contributed by atoms with E-state index < -0.39 is 0 Å². The molecular weight excluding hydrogens is 272 g/mol. The second kappa shape index (κ2) is 7.84. The van der Waals surface area contributed by atoms with E-state index in [9.17, 15) is 0 Å². The topological polar surface area (TPSA) is 25.4 Å². The van der Waals surface area contributed by atoms with Crippen LogP contribution in [0.4, 0.5) is 5.82 Å². The molecule has 20 heavy (non-hydrogen) atoms. The lowest BCUT2D eigenvalue weighted by Gasteiger charge is -2.33. The fourth-order valence-corrected chi connectivity index (χ4v) is 2.93. The quantitative estimate of drug-likeness (QED) is 0.747. The van der Waals surface area contributed by atoms with Crippen molar-refractivity contribution in [1.29, 1.82) is 0 Å². The van der Waals surface area contributed by atoms with Gasteiger partial charge < -0.3 is 9.64 Å². The Morgan fingerprint density at radius 3 is 2.95 bits per heavy atom. The molecule has 1 aliphatic rings. The molecule has 0 aromatic carbocycles. The molecule has 2 heterocycles. The second-order valence-corrected chi connectivity index (χ2v) is 5.64. The molecule has 1 aromatic heterocycles. The highest BCUT2D eigenvalue weighted by Gasteiger charge is 2.21. The predicted octanol–water partition coefficient (Wildman–Crippen LogP) is 3.78. The van der Waals surface area contributed by atoms with E-state index in [1.54, 1.807) is 0 Å². The third kappa shape index (κ3) is 4.10. The van der Waals surface area contributed by atoms with Gasteiger partial charge in [-0.2, -0.15) is 0 Å². The van der Waals surface area contributed by atoms with Gasteiger partial charge in [-0.3, -0.25) is 0 Å². The van der Waals surface area contributed by atoms with Crippen LogP contribution in [0.1, 0.15) is 44.4 Å². The van der Waals surface area contributed by atoms with Crippen molar-refractivity contribution in [2.24, 2.45) is 0 Å². The van der Waals surface area contributed by atoms with Crippen LogP contribution in [0.2, 0.25) is 0 Å². The molecule has 0 bridgehead atoms. The van der Waals surface area contributed by atoms with E-state index in [4.69, 9.17) is 21.3 Å². The Labute approximate surface area is 127 Å². The van der Waals surface area contributed by atoms with Crippen molar-refractivity contribution in [2.45, 2.75) is 51.5 Å². The molecule has 1 atom stereocenters. The Kier molecular flexibility index (Phi) is 6.11. The third-order valence-electron chi connectivity index (χ3n) is 3.69. The lowest BCUT2D eigenvalue weighted by atomic mass is 10.1. The van der Waals surface area contributed by atoms with E-state index in [0.29, 0.717) is 12.0 Å². The largest absolute Gasteiger partial charge is 0.377 e. The van der Waals surface area contributed by atoms with Crippen molar-refractivity contribution in [2.75, 3.05) is 24.6 Å². The molecule has 0 spiro atoms. The summed E-state index contributed by atoms with van der Waals surface area (Å²) in [5, 5.41) is 0. The summed E-state index contributed by atoms with van der Waals surface area (Å²) >= 11 is 6.02. The van der Waals surface area contributed by atoms with Gasteiger partial charge >= 0.3 is 0 Å². The third-order valence-corrected chi connectivity index (χ3v) is 4.00. The summed E-state index contributed by atoms with van der Waals surface area (Å²) in [6.45, 7) is 7.03. The molecule has 1 aliphatic heterocycles. The normalized spacial score (nSPS) is 19.4. The van der Waals surface area contributed by atoms with Gasteiger partial charge in [0.05, 0.1) is 6.10 Å². The van der Waals surface area contributed by atoms with Crippen molar-refractivity contribution in [3.05, 3.63) is 23.4 Å². The summed E-state index contributed by atoms with van der Waals surface area (Å²) in [7, 11) is 0. The van der Waals surface area contributed by atoms with Crippen LogP contribution >= 0.6 is 11.6 Å². The maximum Gasteiger partial charge on any atom is 0.129 e. The Bertz CT molecular complexity index is 423. The van der Waals surface area contributed by atoms with Gasteiger partial charge in [-0.1, -0.05) is 13.3 Å². The zero-order valence-corrected chi connectivity index (χ0v) is 13.3. The number of pyridine rings is 1. The molecule has 2 rings (SSSR count). The zero-order chi connectivity index (χ0) is 14.4. The lowest BCUT2D eigenvalue weighted by Crippen LogP contribution is -2.40. The highest BCUT2D eigenvalue weighted by atomic mass is 35.5. The number of nitrogens with zero attached hydrogens (tertiary/aromatic N) is 2. The van der Waals surface area contributed by atoms with Crippen LogP contribution in [0, 0.1) is 0 Å². The number of alkyl halides is 1. The van der Waals surface area contributed by atoms with Gasteiger partial charge in [-0.15, -0.1) is 11.6 Å². The summed E-state index contributed by atoms with van der Waals surface area (Å²) < 4.78 is 5.77. The molecule has 1 unspecified atom stereocenters. The number of ether oxygens (including phenoxy) is 1. The van der Waals surface area contributed by atoms with Crippen LogP contribution in [0.5, 0.6) is 0 Å². The number of aryl methyl sites for hydroxylation is 1. The summed E-state index contributed by atoms with van der Waals surface area (Å²) in [6, 6.07) is 4.25. The van der Waals surface area contributed by atoms with Crippen LogP contribution in [-0.2, 0) is 17.0 Å². The minimum absolute atomic E-state index is 0.338. The summed E-state index contributed by atoms with van der Waals surface area (Å²) in [5.41, 5.74) is 2.32. The van der Waals surface area contributed by atoms with Gasteiger partial charge in [0.15, 0.2) is 0 Å². The molecule has 4 heteroatoms. The standard InChI is InChI=1S/C16H25ClN2O/c1-3-6-14-9-13(11-17)10-16(18-14)19-8-5-7-15(12-19)20-4-2/h9-10,15H,3-8,11-12H2,1-2H3. The first-order valence-corrected chi connectivity index (χ1v) is 8.22. The molecule has 1 aromatic rings. The zero-order valence-electron chi connectivity index (χ0n) is 12.6. The van der Waals surface area contributed by atoms with Crippen LogP contribution in [-0.4, -0.2) is 30.8 Å². The number of piperidine rings is 1. The highest BCUT2D eigenvalue weighted by molar-refractivity contribution is 6.17.